The number of nitrogens with one attached hydrogen (secondary N) is 1. The van der Waals surface area contributed by atoms with E-state index in [9.17, 15) is 0 Å². The molecular weight excluding hydrogens is 328 g/mol. The largest absolute Gasteiger partial charge is 0.497 e. The van der Waals surface area contributed by atoms with Gasteiger partial charge in [0.25, 0.3) is 0 Å². The number of nitrogens with zero attached hydrogens (tertiary/aromatic N) is 2. The maximum absolute atomic E-state index is 6.03. The third kappa shape index (κ3) is 4.39. The van der Waals surface area contributed by atoms with Gasteiger partial charge < -0.3 is 25.4 Å². The van der Waals surface area contributed by atoms with Crippen molar-refractivity contribution in [2.24, 2.45) is 16.6 Å². The minimum atomic E-state index is 0.425. The van der Waals surface area contributed by atoms with Crippen molar-refractivity contribution >= 4 is 17.3 Å². The lowest BCUT2D eigenvalue weighted by atomic mass is 10.1. The molecule has 6 heteroatoms. The van der Waals surface area contributed by atoms with Gasteiger partial charge in [-0.2, -0.15) is 0 Å². The van der Waals surface area contributed by atoms with Gasteiger partial charge in [-0.15, -0.1) is 0 Å². The Morgan fingerprint density at radius 3 is 2.85 bits per heavy atom. The number of anilines is 2. The van der Waals surface area contributed by atoms with Gasteiger partial charge in [-0.25, -0.2) is 0 Å². The van der Waals surface area contributed by atoms with Crippen LogP contribution < -0.4 is 25.4 Å². The second kappa shape index (κ2) is 8.47. The lowest BCUT2D eigenvalue weighted by Gasteiger charge is -2.21. The summed E-state index contributed by atoms with van der Waals surface area (Å²) >= 11 is 0. The zero-order valence-electron chi connectivity index (χ0n) is 15.3. The Morgan fingerprint density at radius 2 is 2.04 bits per heavy atom. The first kappa shape index (κ1) is 17.9. The Bertz CT molecular complexity index is 763. The molecule has 1 fully saturated rings. The molecule has 3 rings (SSSR count). The number of rotatable bonds is 6. The molecule has 1 unspecified atom stereocenters. The Balaban J connectivity index is 1.55. The first-order chi connectivity index (χ1) is 12.7. The fourth-order valence-electron chi connectivity index (χ4n) is 3.21. The van der Waals surface area contributed by atoms with E-state index < -0.39 is 0 Å². The molecule has 3 N–H and O–H groups in total. The van der Waals surface area contributed by atoms with E-state index in [2.05, 4.69) is 21.3 Å². The monoisotopic (exact) mass is 354 g/mol. The Labute approximate surface area is 154 Å². The number of hydrogen-bond donors (Lipinski definition) is 2. The van der Waals surface area contributed by atoms with E-state index in [4.69, 9.17) is 15.2 Å². The van der Waals surface area contributed by atoms with Crippen LogP contribution in [0.2, 0.25) is 0 Å². The zero-order chi connectivity index (χ0) is 18.4. The van der Waals surface area contributed by atoms with Crippen LogP contribution in [0.5, 0.6) is 11.5 Å². The topological polar surface area (TPSA) is 72.1 Å². The molecule has 1 atom stereocenters. The number of ether oxygens (including phenoxy) is 2. The normalized spacial score (nSPS) is 17.2. The maximum Gasteiger partial charge on any atom is 0.193 e. The highest BCUT2D eigenvalue weighted by atomic mass is 16.5. The maximum atomic E-state index is 6.03. The lowest BCUT2D eigenvalue weighted by Crippen LogP contribution is -2.25. The average molecular weight is 354 g/mol. The number of benzene rings is 2. The van der Waals surface area contributed by atoms with Crippen LogP contribution in [0.1, 0.15) is 6.42 Å². The average Bonchev–Trinajstić information content (AvgIpc) is 3.15. The smallest absolute Gasteiger partial charge is 0.193 e. The Morgan fingerprint density at radius 1 is 1.19 bits per heavy atom. The summed E-state index contributed by atoms with van der Waals surface area (Å²) in [6, 6.07) is 15.8. The molecule has 0 bridgehead atoms. The van der Waals surface area contributed by atoms with Crippen molar-refractivity contribution in [3.8, 4) is 11.5 Å². The fourth-order valence-corrected chi connectivity index (χ4v) is 3.21. The van der Waals surface area contributed by atoms with Crippen molar-refractivity contribution in [1.82, 2.24) is 0 Å². The van der Waals surface area contributed by atoms with E-state index in [1.54, 1.807) is 14.2 Å². The summed E-state index contributed by atoms with van der Waals surface area (Å²) in [6.07, 6.45) is 1.09. The molecule has 1 heterocycles. The number of aliphatic imine (C=N–C) groups is 1. The van der Waals surface area contributed by atoms with E-state index in [1.807, 2.05) is 42.5 Å². The number of guanidine groups is 1. The van der Waals surface area contributed by atoms with Crippen molar-refractivity contribution in [3.63, 3.8) is 0 Å². The van der Waals surface area contributed by atoms with Crippen molar-refractivity contribution in [2.75, 3.05) is 44.1 Å². The molecule has 2 aromatic rings. The second-order valence-corrected chi connectivity index (χ2v) is 6.36. The lowest BCUT2D eigenvalue weighted by molar-refractivity contribution is 0.414. The molecule has 1 aliphatic rings. The molecule has 0 aliphatic carbocycles. The number of methoxy groups -OCH3 is 2. The standard InChI is InChI=1S/C20H26N4O2/c1-25-17-7-5-6-16(12-17)23-20(21)22-13-15-10-11-24(14-15)18-8-3-4-9-19(18)26-2/h3-9,12,15H,10-11,13-14H2,1-2H3,(H3,21,22,23). The van der Waals surface area contributed by atoms with Crippen LogP contribution >= 0.6 is 0 Å². The molecule has 1 saturated heterocycles. The Kier molecular flexibility index (Phi) is 5.84. The molecule has 1 aliphatic heterocycles. The fraction of sp³-hybridized carbons (Fsp3) is 0.350. The summed E-state index contributed by atoms with van der Waals surface area (Å²) < 4.78 is 10.7. The van der Waals surface area contributed by atoms with Gasteiger partial charge in [-0.3, -0.25) is 4.99 Å². The van der Waals surface area contributed by atoms with Crippen molar-refractivity contribution < 1.29 is 9.47 Å². The molecule has 0 radical (unpaired) electrons. The molecule has 0 amide bonds. The van der Waals surface area contributed by atoms with Crippen LogP contribution in [0.3, 0.4) is 0 Å². The molecule has 26 heavy (non-hydrogen) atoms. The van der Waals surface area contributed by atoms with Crippen molar-refractivity contribution in [3.05, 3.63) is 48.5 Å². The number of hydrogen-bond acceptors (Lipinski definition) is 4. The van der Waals surface area contributed by atoms with Gasteiger partial charge in [-0.1, -0.05) is 18.2 Å². The van der Waals surface area contributed by atoms with Gasteiger partial charge >= 0.3 is 0 Å². The second-order valence-electron chi connectivity index (χ2n) is 6.36. The number of para-hydroxylation sites is 2. The predicted octanol–water partition coefficient (Wildman–Crippen LogP) is 2.96. The predicted molar refractivity (Wildman–Crippen MR) is 106 cm³/mol. The molecule has 0 spiro atoms. The summed E-state index contributed by atoms with van der Waals surface area (Å²) in [7, 11) is 3.35. The van der Waals surface area contributed by atoms with E-state index in [0.29, 0.717) is 18.4 Å². The highest BCUT2D eigenvalue weighted by molar-refractivity contribution is 5.92. The van der Waals surface area contributed by atoms with Crippen LogP contribution in [0.15, 0.2) is 53.5 Å². The molecule has 0 saturated carbocycles. The van der Waals surface area contributed by atoms with Crippen LogP contribution in [0, 0.1) is 5.92 Å². The Hall–Kier alpha value is -2.89. The quantitative estimate of drug-likeness (QED) is 0.616. The SMILES string of the molecule is COc1cccc(NC(N)=NCC2CCN(c3ccccc3OC)C2)c1. The van der Waals surface area contributed by atoms with Crippen molar-refractivity contribution in [1.29, 1.82) is 0 Å². The van der Waals surface area contributed by atoms with Crippen LogP contribution in [0.25, 0.3) is 0 Å². The molecular formula is C20H26N4O2. The molecule has 6 nitrogen and oxygen atoms in total. The van der Waals surface area contributed by atoms with Crippen molar-refractivity contribution in [2.45, 2.75) is 6.42 Å². The van der Waals surface area contributed by atoms with E-state index in [1.165, 1.54) is 0 Å². The highest BCUT2D eigenvalue weighted by Gasteiger charge is 2.24. The first-order valence-electron chi connectivity index (χ1n) is 8.78. The van der Waals surface area contributed by atoms with Gasteiger partial charge in [0.05, 0.1) is 19.9 Å². The third-order valence-corrected chi connectivity index (χ3v) is 4.57. The first-order valence-corrected chi connectivity index (χ1v) is 8.78. The summed E-state index contributed by atoms with van der Waals surface area (Å²) in [5, 5.41) is 3.12. The number of nitrogens with two attached hydrogens (primary N) is 1. The van der Waals surface area contributed by atoms with Gasteiger partial charge in [0.2, 0.25) is 0 Å². The van der Waals surface area contributed by atoms with E-state index in [-0.39, 0.29) is 0 Å². The van der Waals surface area contributed by atoms with E-state index >= 15 is 0 Å². The van der Waals surface area contributed by atoms with Crippen LogP contribution in [-0.2, 0) is 0 Å². The summed E-state index contributed by atoms with van der Waals surface area (Å²) in [5.74, 6) is 2.60. The van der Waals surface area contributed by atoms with E-state index in [0.717, 1.165) is 42.4 Å². The van der Waals surface area contributed by atoms with Gasteiger partial charge in [-0.05, 0) is 36.6 Å². The zero-order valence-corrected chi connectivity index (χ0v) is 15.3. The molecule has 138 valence electrons. The minimum absolute atomic E-state index is 0.425. The minimum Gasteiger partial charge on any atom is -0.497 e. The molecule has 2 aromatic carbocycles. The van der Waals surface area contributed by atoms with Gasteiger partial charge in [0, 0.05) is 31.4 Å². The third-order valence-electron chi connectivity index (χ3n) is 4.57. The summed E-state index contributed by atoms with van der Waals surface area (Å²) in [6.45, 7) is 2.66. The van der Waals surface area contributed by atoms with Crippen LogP contribution in [0.4, 0.5) is 11.4 Å². The summed E-state index contributed by atoms with van der Waals surface area (Å²) in [5.41, 5.74) is 8.04. The molecule has 0 aromatic heterocycles. The van der Waals surface area contributed by atoms with Gasteiger partial charge in [0.1, 0.15) is 11.5 Å². The summed E-state index contributed by atoms with van der Waals surface area (Å²) in [4.78, 5) is 6.86. The highest BCUT2D eigenvalue weighted by Crippen LogP contribution is 2.32. The van der Waals surface area contributed by atoms with Crippen LogP contribution in [-0.4, -0.2) is 39.8 Å². The van der Waals surface area contributed by atoms with Gasteiger partial charge in [0.15, 0.2) is 5.96 Å².